The second kappa shape index (κ2) is 14.3. The van der Waals surface area contributed by atoms with E-state index in [-0.39, 0.29) is 11.5 Å². The smallest absolute Gasteiger partial charge is 0.411 e. The lowest BCUT2D eigenvalue weighted by atomic mass is 10.1. The lowest BCUT2D eigenvalue weighted by molar-refractivity contribution is -0.121. The molecule has 4 N–H and O–H groups in total. The van der Waals surface area contributed by atoms with Gasteiger partial charge in [0.2, 0.25) is 5.91 Å². The van der Waals surface area contributed by atoms with Crippen molar-refractivity contribution in [1.82, 2.24) is 15.1 Å². The van der Waals surface area contributed by atoms with Gasteiger partial charge < -0.3 is 15.8 Å². The maximum Gasteiger partial charge on any atom is 0.411 e. The average molecular weight is 480 g/mol. The van der Waals surface area contributed by atoms with Gasteiger partial charge in [0.1, 0.15) is 0 Å². The number of aryl methyl sites for hydroxylation is 2. The summed E-state index contributed by atoms with van der Waals surface area (Å²) in [6.07, 6.45) is -0.105. The molecule has 0 fully saturated rings. The summed E-state index contributed by atoms with van der Waals surface area (Å²) in [7, 11) is 0. The molecule has 3 aromatic rings. The van der Waals surface area contributed by atoms with E-state index in [1.807, 2.05) is 38.1 Å². The van der Waals surface area contributed by atoms with Gasteiger partial charge in [-0.25, -0.2) is 9.48 Å². The Morgan fingerprint density at radius 3 is 2.49 bits per heavy atom. The SMILES string of the molecule is CCOC(=O)Nc1cccc(Cn2nc(C)ccc2=O)c1.Cc1cccc(CNC(=O)CCN)c1. The molecule has 0 spiro atoms. The number of nitrogens with one attached hydrogen (secondary N) is 2. The monoisotopic (exact) mass is 479 g/mol. The van der Waals surface area contributed by atoms with Crippen LogP contribution >= 0.6 is 0 Å². The zero-order valence-electron chi connectivity index (χ0n) is 20.4. The number of nitrogens with zero attached hydrogens (tertiary/aromatic N) is 2. The maximum atomic E-state index is 11.7. The van der Waals surface area contributed by atoms with Crippen molar-refractivity contribution in [2.75, 3.05) is 18.5 Å². The number of nitrogens with two attached hydrogens (primary N) is 1. The molecular weight excluding hydrogens is 446 g/mol. The third kappa shape index (κ3) is 10.2. The van der Waals surface area contributed by atoms with Crippen LogP contribution in [0.2, 0.25) is 0 Å². The van der Waals surface area contributed by atoms with Gasteiger partial charge >= 0.3 is 6.09 Å². The van der Waals surface area contributed by atoms with E-state index in [9.17, 15) is 14.4 Å². The van der Waals surface area contributed by atoms with Crippen LogP contribution in [0.5, 0.6) is 0 Å². The third-order valence-electron chi connectivity index (χ3n) is 4.72. The number of ether oxygens (including phenoxy) is 1. The highest BCUT2D eigenvalue weighted by molar-refractivity contribution is 5.84. The Morgan fingerprint density at radius 1 is 1.03 bits per heavy atom. The van der Waals surface area contributed by atoms with E-state index in [1.54, 1.807) is 31.2 Å². The minimum atomic E-state index is -0.500. The van der Waals surface area contributed by atoms with E-state index in [0.717, 1.165) is 16.8 Å². The summed E-state index contributed by atoms with van der Waals surface area (Å²) in [5.74, 6) is 0.00834. The molecule has 1 heterocycles. The van der Waals surface area contributed by atoms with Crippen LogP contribution in [-0.2, 0) is 22.6 Å². The highest BCUT2D eigenvalue weighted by Crippen LogP contribution is 2.11. The van der Waals surface area contributed by atoms with Crippen LogP contribution in [0.4, 0.5) is 10.5 Å². The largest absolute Gasteiger partial charge is 0.450 e. The van der Waals surface area contributed by atoms with E-state index >= 15 is 0 Å². The number of aromatic nitrogens is 2. The van der Waals surface area contributed by atoms with Crippen LogP contribution in [0.3, 0.4) is 0 Å². The quantitative estimate of drug-likeness (QED) is 0.455. The van der Waals surface area contributed by atoms with Gasteiger partial charge in [-0.05, 0) is 50.1 Å². The molecule has 9 heteroatoms. The fraction of sp³-hybridized carbons (Fsp3) is 0.308. The standard InChI is InChI=1S/C15H17N3O3.C11H16N2O/c1-3-21-15(20)16-13-6-4-5-12(9-13)10-18-14(19)8-7-11(2)17-18;1-9-3-2-4-10(7-9)8-13-11(14)5-6-12/h4-9H,3,10H2,1-2H3,(H,16,20);2-4,7H,5-6,8,12H2,1H3,(H,13,14). The van der Waals surface area contributed by atoms with Crippen molar-refractivity contribution >= 4 is 17.7 Å². The molecule has 0 radical (unpaired) electrons. The van der Waals surface area contributed by atoms with Crippen molar-refractivity contribution in [3.05, 3.63) is 93.4 Å². The molecule has 0 aliphatic carbocycles. The lowest BCUT2D eigenvalue weighted by Crippen LogP contribution is -2.24. The van der Waals surface area contributed by atoms with Crippen LogP contribution in [0, 0.1) is 13.8 Å². The fourth-order valence-corrected chi connectivity index (χ4v) is 3.11. The minimum absolute atomic E-state index is 0.00834. The normalized spacial score (nSPS) is 10.1. The first-order valence-corrected chi connectivity index (χ1v) is 11.4. The van der Waals surface area contributed by atoms with Gasteiger partial charge in [-0.1, -0.05) is 42.0 Å². The molecule has 2 amide bonds. The number of hydrogen-bond acceptors (Lipinski definition) is 6. The molecule has 0 saturated carbocycles. The van der Waals surface area contributed by atoms with Crippen LogP contribution in [-0.4, -0.2) is 34.9 Å². The van der Waals surface area contributed by atoms with E-state index in [1.165, 1.54) is 16.3 Å². The van der Waals surface area contributed by atoms with E-state index in [0.29, 0.717) is 38.3 Å². The number of rotatable bonds is 8. The first-order valence-electron chi connectivity index (χ1n) is 11.4. The van der Waals surface area contributed by atoms with Crippen molar-refractivity contribution < 1.29 is 14.3 Å². The summed E-state index contributed by atoms with van der Waals surface area (Å²) >= 11 is 0. The Kier molecular flexibility index (Phi) is 11.2. The zero-order chi connectivity index (χ0) is 25.6. The highest BCUT2D eigenvalue weighted by Gasteiger charge is 2.04. The Bertz CT molecular complexity index is 1180. The van der Waals surface area contributed by atoms with Gasteiger partial charge in [-0.15, -0.1) is 0 Å². The van der Waals surface area contributed by atoms with Gasteiger partial charge in [0.05, 0.1) is 18.8 Å². The van der Waals surface area contributed by atoms with Gasteiger partial charge in [0.25, 0.3) is 5.56 Å². The van der Waals surface area contributed by atoms with Crippen LogP contribution in [0.25, 0.3) is 0 Å². The average Bonchev–Trinajstić information content (AvgIpc) is 2.81. The van der Waals surface area contributed by atoms with E-state index in [4.69, 9.17) is 10.5 Å². The van der Waals surface area contributed by atoms with Crippen molar-refractivity contribution in [3.8, 4) is 0 Å². The second-order valence-corrected chi connectivity index (χ2v) is 7.82. The Balaban J connectivity index is 0.000000269. The molecule has 3 rings (SSSR count). The molecule has 0 bridgehead atoms. The van der Waals surface area contributed by atoms with Crippen molar-refractivity contribution in [3.63, 3.8) is 0 Å². The molecule has 9 nitrogen and oxygen atoms in total. The molecule has 2 aromatic carbocycles. The molecular formula is C26H33N5O4. The molecule has 0 aliphatic heterocycles. The summed E-state index contributed by atoms with van der Waals surface area (Å²) in [5, 5.41) is 9.61. The van der Waals surface area contributed by atoms with Crippen LogP contribution in [0.1, 0.15) is 35.7 Å². The number of carbonyl (C=O) groups is 2. The first-order chi connectivity index (χ1) is 16.8. The Labute approximate surface area is 205 Å². The summed E-state index contributed by atoms with van der Waals surface area (Å²) in [5.41, 5.74) is 9.68. The first kappa shape index (κ1) is 27.3. The topological polar surface area (TPSA) is 128 Å². The zero-order valence-corrected chi connectivity index (χ0v) is 20.4. The second-order valence-electron chi connectivity index (χ2n) is 7.82. The maximum absolute atomic E-state index is 11.7. The van der Waals surface area contributed by atoms with Crippen LogP contribution < -0.4 is 21.9 Å². The lowest BCUT2D eigenvalue weighted by Gasteiger charge is -2.08. The fourth-order valence-electron chi connectivity index (χ4n) is 3.11. The van der Waals surface area contributed by atoms with Crippen molar-refractivity contribution in [2.45, 2.75) is 40.3 Å². The summed E-state index contributed by atoms with van der Waals surface area (Å²) in [4.78, 5) is 34.2. The predicted molar refractivity (Wildman–Crippen MR) is 136 cm³/mol. The summed E-state index contributed by atoms with van der Waals surface area (Å²) < 4.78 is 6.21. The van der Waals surface area contributed by atoms with E-state index < -0.39 is 6.09 Å². The Morgan fingerprint density at radius 2 is 1.77 bits per heavy atom. The Hall–Kier alpha value is -3.98. The molecule has 0 atom stereocenters. The van der Waals surface area contributed by atoms with Gasteiger partial charge in [0, 0.05) is 31.3 Å². The molecule has 35 heavy (non-hydrogen) atoms. The van der Waals surface area contributed by atoms with Crippen molar-refractivity contribution in [1.29, 1.82) is 0 Å². The third-order valence-corrected chi connectivity index (χ3v) is 4.72. The number of carbonyl (C=O) groups excluding carboxylic acids is 2. The summed E-state index contributed by atoms with van der Waals surface area (Å²) in [6.45, 7) is 7.25. The van der Waals surface area contributed by atoms with E-state index in [2.05, 4.69) is 21.8 Å². The molecule has 0 unspecified atom stereocenters. The minimum Gasteiger partial charge on any atom is -0.450 e. The molecule has 0 aliphatic rings. The number of amides is 2. The van der Waals surface area contributed by atoms with Crippen molar-refractivity contribution in [2.24, 2.45) is 5.73 Å². The molecule has 186 valence electrons. The summed E-state index contributed by atoms with van der Waals surface area (Å²) in [6, 6.07) is 18.5. The number of hydrogen-bond donors (Lipinski definition) is 3. The van der Waals surface area contributed by atoms with Gasteiger partial charge in [-0.2, -0.15) is 5.10 Å². The van der Waals surface area contributed by atoms with Gasteiger partial charge in [-0.3, -0.25) is 14.9 Å². The number of benzene rings is 2. The number of anilines is 1. The van der Waals surface area contributed by atoms with Gasteiger partial charge in [0.15, 0.2) is 0 Å². The van der Waals surface area contributed by atoms with Crippen LogP contribution in [0.15, 0.2) is 65.5 Å². The highest BCUT2D eigenvalue weighted by atomic mass is 16.5. The molecule has 0 saturated heterocycles. The predicted octanol–water partition coefficient (Wildman–Crippen LogP) is 3.13. The molecule has 1 aromatic heterocycles.